The van der Waals surface area contributed by atoms with Crippen molar-refractivity contribution in [1.29, 1.82) is 0 Å². The summed E-state index contributed by atoms with van der Waals surface area (Å²) in [4.78, 5) is 7.66. The monoisotopic (exact) mass is 197 g/mol. The van der Waals surface area contributed by atoms with Gasteiger partial charge < -0.3 is 9.55 Å². The van der Waals surface area contributed by atoms with Gasteiger partial charge in [0.05, 0.1) is 12.0 Å². The number of benzene rings is 1. The molecule has 0 amide bonds. The van der Waals surface area contributed by atoms with Crippen molar-refractivity contribution in [2.24, 2.45) is 7.05 Å². The lowest BCUT2D eigenvalue weighted by molar-refractivity contribution is 0.913. The molecule has 0 fully saturated rings. The zero-order valence-electron chi connectivity index (χ0n) is 8.44. The van der Waals surface area contributed by atoms with Gasteiger partial charge in [-0.2, -0.15) is 0 Å². The van der Waals surface area contributed by atoms with Gasteiger partial charge in [-0.15, -0.1) is 0 Å². The third-order valence-electron chi connectivity index (χ3n) is 2.51. The molecule has 0 atom stereocenters. The molecular formula is C12H11N3. The quantitative estimate of drug-likeness (QED) is 0.639. The molecule has 74 valence electrons. The van der Waals surface area contributed by atoms with Crippen LogP contribution in [-0.4, -0.2) is 14.5 Å². The second kappa shape index (κ2) is 2.98. The lowest BCUT2D eigenvalue weighted by atomic mass is 10.2. The molecule has 0 unspecified atom stereocenters. The Morgan fingerprint density at radius 3 is 2.87 bits per heavy atom. The maximum atomic E-state index is 4.31. The minimum atomic E-state index is 0.980. The standard InChI is InChI=1S/C12H11N3/c1-15-7-12(13-8-15)11-6-9-4-2-3-5-10(9)14-11/h2-8,14H,1H3. The number of hydrogen-bond acceptors (Lipinski definition) is 1. The van der Waals surface area contributed by atoms with Gasteiger partial charge >= 0.3 is 0 Å². The molecule has 1 aromatic carbocycles. The van der Waals surface area contributed by atoms with Gasteiger partial charge in [-0.05, 0) is 12.1 Å². The fourth-order valence-corrected chi connectivity index (χ4v) is 1.76. The van der Waals surface area contributed by atoms with E-state index in [1.165, 1.54) is 5.39 Å². The van der Waals surface area contributed by atoms with Crippen LogP contribution in [0, 0.1) is 0 Å². The molecule has 0 spiro atoms. The molecule has 0 radical (unpaired) electrons. The molecule has 0 bridgehead atoms. The average molecular weight is 197 g/mol. The van der Waals surface area contributed by atoms with E-state index in [0.717, 1.165) is 16.9 Å². The summed E-state index contributed by atoms with van der Waals surface area (Å²) >= 11 is 0. The molecule has 1 N–H and O–H groups in total. The first-order valence-electron chi connectivity index (χ1n) is 4.89. The molecule has 0 aliphatic heterocycles. The molecule has 3 rings (SSSR count). The van der Waals surface area contributed by atoms with Crippen LogP contribution in [0.4, 0.5) is 0 Å². The summed E-state index contributed by atoms with van der Waals surface area (Å²) < 4.78 is 1.95. The van der Waals surface area contributed by atoms with Crippen LogP contribution in [0.5, 0.6) is 0 Å². The Balaban J connectivity index is 2.19. The number of aromatic amines is 1. The van der Waals surface area contributed by atoms with E-state index in [2.05, 4.69) is 28.2 Å². The Labute approximate surface area is 87.4 Å². The van der Waals surface area contributed by atoms with Gasteiger partial charge in [0.25, 0.3) is 0 Å². The van der Waals surface area contributed by atoms with Crippen LogP contribution in [0.25, 0.3) is 22.3 Å². The van der Waals surface area contributed by atoms with Crippen LogP contribution >= 0.6 is 0 Å². The number of nitrogens with one attached hydrogen (secondary N) is 1. The fraction of sp³-hybridized carbons (Fsp3) is 0.0833. The average Bonchev–Trinajstić information content (AvgIpc) is 2.82. The van der Waals surface area contributed by atoms with Gasteiger partial charge in [0, 0.05) is 24.1 Å². The molecule has 15 heavy (non-hydrogen) atoms. The zero-order chi connectivity index (χ0) is 10.3. The van der Waals surface area contributed by atoms with Crippen LogP contribution < -0.4 is 0 Å². The Morgan fingerprint density at radius 2 is 2.13 bits per heavy atom. The molecule has 0 saturated heterocycles. The van der Waals surface area contributed by atoms with Crippen LogP contribution in [0.15, 0.2) is 42.9 Å². The number of H-pyrrole nitrogens is 1. The number of nitrogens with zero attached hydrogens (tertiary/aromatic N) is 2. The van der Waals surface area contributed by atoms with E-state index in [4.69, 9.17) is 0 Å². The van der Waals surface area contributed by atoms with Crippen LogP contribution in [0.1, 0.15) is 0 Å². The van der Waals surface area contributed by atoms with Crippen molar-refractivity contribution in [3.8, 4) is 11.4 Å². The lowest BCUT2D eigenvalue weighted by Gasteiger charge is -1.88. The lowest BCUT2D eigenvalue weighted by Crippen LogP contribution is -1.78. The molecule has 2 heterocycles. The highest BCUT2D eigenvalue weighted by molar-refractivity contribution is 5.84. The summed E-state index contributed by atoms with van der Waals surface area (Å²) in [7, 11) is 1.97. The van der Waals surface area contributed by atoms with Crippen molar-refractivity contribution < 1.29 is 0 Å². The molecule has 3 heteroatoms. The third-order valence-corrected chi connectivity index (χ3v) is 2.51. The van der Waals surface area contributed by atoms with Gasteiger partial charge in [-0.25, -0.2) is 4.98 Å². The number of aromatic nitrogens is 3. The summed E-state index contributed by atoms with van der Waals surface area (Å²) in [5.41, 5.74) is 3.20. The first-order valence-corrected chi connectivity index (χ1v) is 4.89. The molecular weight excluding hydrogens is 186 g/mol. The Morgan fingerprint density at radius 1 is 1.27 bits per heavy atom. The van der Waals surface area contributed by atoms with E-state index >= 15 is 0 Å². The Bertz CT molecular complexity index is 571. The summed E-state index contributed by atoms with van der Waals surface area (Å²) in [6.45, 7) is 0. The Hall–Kier alpha value is -2.03. The largest absolute Gasteiger partial charge is 0.353 e. The van der Waals surface area contributed by atoms with Crippen molar-refractivity contribution in [3.05, 3.63) is 42.9 Å². The van der Waals surface area contributed by atoms with Crippen molar-refractivity contribution in [2.45, 2.75) is 0 Å². The van der Waals surface area contributed by atoms with Gasteiger partial charge in [0.2, 0.25) is 0 Å². The summed E-state index contributed by atoms with van der Waals surface area (Å²) in [6, 6.07) is 10.4. The predicted octanol–water partition coefficient (Wildman–Crippen LogP) is 2.57. The normalized spacial score (nSPS) is 11.0. The van der Waals surface area contributed by atoms with Crippen LogP contribution in [0.3, 0.4) is 0 Å². The highest BCUT2D eigenvalue weighted by atomic mass is 15.0. The number of hydrogen-bond donors (Lipinski definition) is 1. The van der Waals surface area contributed by atoms with E-state index < -0.39 is 0 Å². The third kappa shape index (κ3) is 1.32. The SMILES string of the molecule is Cn1cnc(-c2cc3ccccc3[nH]2)c1. The van der Waals surface area contributed by atoms with E-state index in [1.54, 1.807) is 6.33 Å². The number of rotatable bonds is 1. The summed E-state index contributed by atoms with van der Waals surface area (Å²) in [5, 5.41) is 1.22. The highest BCUT2D eigenvalue weighted by Crippen LogP contribution is 2.21. The van der Waals surface area contributed by atoms with Crippen LogP contribution in [-0.2, 0) is 7.05 Å². The number of para-hydroxylation sites is 1. The molecule has 2 aromatic heterocycles. The number of imidazole rings is 1. The number of fused-ring (bicyclic) bond motifs is 1. The minimum absolute atomic E-state index is 0.980. The van der Waals surface area contributed by atoms with E-state index in [1.807, 2.05) is 29.9 Å². The first kappa shape index (κ1) is 8.29. The Kier molecular flexibility index (Phi) is 1.65. The number of aryl methyl sites for hydroxylation is 1. The zero-order valence-corrected chi connectivity index (χ0v) is 8.44. The van der Waals surface area contributed by atoms with Crippen molar-refractivity contribution in [3.63, 3.8) is 0 Å². The smallest absolute Gasteiger partial charge is 0.104 e. The summed E-state index contributed by atoms with van der Waals surface area (Å²) in [6.07, 6.45) is 3.81. The van der Waals surface area contributed by atoms with Crippen molar-refractivity contribution in [2.75, 3.05) is 0 Å². The second-order valence-corrected chi connectivity index (χ2v) is 3.69. The topological polar surface area (TPSA) is 33.6 Å². The molecule has 3 nitrogen and oxygen atoms in total. The molecule has 0 aliphatic carbocycles. The molecule has 0 aliphatic rings. The highest BCUT2D eigenvalue weighted by Gasteiger charge is 2.04. The molecule has 3 aromatic rings. The maximum absolute atomic E-state index is 4.31. The second-order valence-electron chi connectivity index (χ2n) is 3.69. The fourth-order valence-electron chi connectivity index (χ4n) is 1.76. The first-order chi connectivity index (χ1) is 7.33. The molecule has 0 saturated carbocycles. The van der Waals surface area contributed by atoms with Gasteiger partial charge in [-0.3, -0.25) is 0 Å². The van der Waals surface area contributed by atoms with E-state index in [0.29, 0.717) is 0 Å². The van der Waals surface area contributed by atoms with Crippen LogP contribution in [0.2, 0.25) is 0 Å². The van der Waals surface area contributed by atoms with E-state index in [-0.39, 0.29) is 0 Å². The van der Waals surface area contributed by atoms with Gasteiger partial charge in [0.1, 0.15) is 5.69 Å². The summed E-state index contributed by atoms with van der Waals surface area (Å²) in [5.74, 6) is 0. The van der Waals surface area contributed by atoms with Gasteiger partial charge in [-0.1, -0.05) is 18.2 Å². The predicted molar refractivity (Wildman–Crippen MR) is 60.5 cm³/mol. The van der Waals surface area contributed by atoms with Crippen molar-refractivity contribution in [1.82, 2.24) is 14.5 Å². The minimum Gasteiger partial charge on any atom is -0.353 e. The van der Waals surface area contributed by atoms with Gasteiger partial charge in [0.15, 0.2) is 0 Å². The maximum Gasteiger partial charge on any atom is 0.104 e. The van der Waals surface area contributed by atoms with Crippen molar-refractivity contribution >= 4 is 10.9 Å². The van der Waals surface area contributed by atoms with E-state index in [9.17, 15) is 0 Å².